The zero-order chi connectivity index (χ0) is 12.4. The van der Waals surface area contributed by atoms with Crippen LogP contribution in [0, 0.1) is 13.8 Å². The summed E-state index contributed by atoms with van der Waals surface area (Å²) in [7, 11) is 0. The van der Waals surface area contributed by atoms with E-state index < -0.39 is 0 Å². The number of benzene rings is 1. The van der Waals surface area contributed by atoms with E-state index in [0.717, 1.165) is 21.3 Å². The van der Waals surface area contributed by atoms with Crippen LogP contribution in [0.5, 0.6) is 11.6 Å². The molecular weight excluding hydrogens is 280 g/mol. The van der Waals surface area contributed by atoms with Crippen LogP contribution in [0.3, 0.4) is 0 Å². The zero-order valence-electron chi connectivity index (χ0n) is 9.70. The van der Waals surface area contributed by atoms with Gasteiger partial charge in [-0.1, -0.05) is 15.9 Å². The molecule has 0 saturated heterocycles. The number of nitrogens with zero attached hydrogens (tertiary/aromatic N) is 1. The fraction of sp³-hybridized carbons (Fsp3) is 0.154. The maximum absolute atomic E-state index is 5.90. The van der Waals surface area contributed by atoms with Crippen LogP contribution in [-0.4, -0.2) is 4.98 Å². The molecule has 0 aliphatic heterocycles. The lowest BCUT2D eigenvalue weighted by Crippen LogP contribution is -1.97. The van der Waals surface area contributed by atoms with Crippen molar-refractivity contribution in [3.63, 3.8) is 0 Å². The second-order valence-corrected chi connectivity index (χ2v) is 4.71. The molecule has 2 aromatic rings. The molecule has 4 heteroatoms. The van der Waals surface area contributed by atoms with Crippen molar-refractivity contribution in [3.8, 4) is 11.6 Å². The predicted octanol–water partition coefficient (Wildman–Crippen LogP) is 3.84. The van der Waals surface area contributed by atoms with Crippen LogP contribution >= 0.6 is 15.9 Å². The van der Waals surface area contributed by atoms with Gasteiger partial charge in [0.1, 0.15) is 5.75 Å². The quantitative estimate of drug-likeness (QED) is 0.915. The minimum atomic E-state index is 0.451. The molecule has 0 unspecified atom stereocenters. The molecule has 3 nitrogen and oxygen atoms in total. The summed E-state index contributed by atoms with van der Waals surface area (Å²) in [6.45, 7) is 3.93. The smallest absolute Gasteiger partial charge is 0.242 e. The van der Waals surface area contributed by atoms with Crippen LogP contribution in [0.15, 0.2) is 34.9 Å². The SMILES string of the molecule is Cc1cc(Oc2nccc(C)c2N)ccc1Br. The van der Waals surface area contributed by atoms with Gasteiger partial charge < -0.3 is 10.5 Å². The van der Waals surface area contributed by atoms with Crippen LogP contribution in [0.4, 0.5) is 5.69 Å². The average molecular weight is 293 g/mol. The minimum Gasteiger partial charge on any atom is -0.437 e. The molecule has 0 amide bonds. The van der Waals surface area contributed by atoms with Crippen molar-refractivity contribution < 1.29 is 4.74 Å². The third-order valence-electron chi connectivity index (χ3n) is 2.52. The molecule has 1 heterocycles. The highest BCUT2D eigenvalue weighted by Gasteiger charge is 2.06. The van der Waals surface area contributed by atoms with E-state index >= 15 is 0 Å². The Morgan fingerprint density at radius 1 is 1.18 bits per heavy atom. The molecule has 0 saturated carbocycles. The summed E-state index contributed by atoms with van der Waals surface area (Å²) in [4.78, 5) is 4.13. The Morgan fingerprint density at radius 3 is 2.65 bits per heavy atom. The predicted molar refractivity (Wildman–Crippen MR) is 72.3 cm³/mol. The Morgan fingerprint density at radius 2 is 1.94 bits per heavy atom. The molecule has 0 bridgehead atoms. The van der Waals surface area contributed by atoms with E-state index in [9.17, 15) is 0 Å². The Balaban J connectivity index is 2.31. The number of hydrogen-bond acceptors (Lipinski definition) is 3. The number of rotatable bonds is 2. The fourth-order valence-corrected chi connectivity index (χ4v) is 1.67. The van der Waals surface area contributed by atoms with Crippen molar-refractivity contribution in [2.24, 2.45) is 0 Å². The molecule has 2 rings (SSSR count). The second-order valence-electron chi connectivity index (χ2n) is 3.86. The number of anilines is 1. The molecule has 0 radical (unpaired) electrons. The van der Waals surface area contributed by atoms with Gasteiger partial charge in [0.25, 0.3) is 0 Å². The van der Waals surface area contributed by atoms with Gasteiger partial charge in [-0.05, 0) is 49.2 Å². The Kier molecular flexibility index (Phi) is 3.33. The topological polar surface area (TPSA) is 48.1 Å². The van der Waals surface area contributed by atoms with Crippen molar-refractivity contribution in [3.05, 3.63) is 46.1 Å². The summed E-state index contributed by atoms with van der Waals surface area (Å²) >= 11 is 3.44. The fourth-order valence-electron chi connectivity index (χ4n) is 1.42. The minimum absolute atomic E-state index is 0.451. The van der Waals surface area contributed by atoms with Gasteiger partial charge in [-0.25, -0.2) is 4.98 Å². The van der Waals surface area contributed by atoms with Crippen molar-refractivity contribution in [1.82, 2.24) is 4.98 Å². The number of nitrogens with two attached hydrogens (primary N) is 1. The van der Waals surface area contributed by atoms with Crippen LogP contribution in [-0.2, 0) is 0 Å². The summed E-state index contributed by atoms with van der Waals surface area (Å²) < 4.78 is 6.72. The van der Waals surface area contributed by atoms with E-state index in [-0.39, 0.29) is 0 Å². The van der Waals surface area contributed by atoms with Crippen molar-refractivity contribution in [2.45, 2.75) is 13.8 Å². The zero-order valence-corrected chi connectivity index (χ0v) is 11.3. The maximum Gasteiger partial charge on any atom is 0.242 e. The number of ether oxygens (including phenoxy) is 1. The van der Waals surface area contributed by atoms with Crippen LogP contribution in [0.2, 0.25) is 0 Å². The van der Waals surface area contributed by atoms with Crippen molar-refractivity contribution in [2.75, 3.05) is 5.73 Å². The van der Waals surface area contributed by atoms with Crippen LogP contribution < -0.4 is 10.5 Å². The normalized spacial score (nSPS) is 10.3. The van der Waals surface area contributed by atoms with Gasteiger partial charge in [0, 0.05) is 10.7 Å². The lowest BCUT2D eigenvalue weighted by Gasteiger charge is -2.09. The Labute approximate surface area is 109 Å². The number of aromatic nitrogens is 1. The van der Waals surface area contributed by atoms with Gasteiger partial charge in [-0.2, -0.15) is 0 Å². The van der Waals surface area contributed by atoms with Gasteiger partial charge in [0.05, 0.1) is 5.69 Å². The molecule has 88 valence electrons. The molecule has 2 N–H and O–H groups in total. The Hall–Kier alpha value is -1.55. The average Bonchev–Trinajstić information content (AvgIpc) is 2.30. The first-order valence-electron chi connectivity index (χ1n) is 5.23. The number of pyridine rings is 1. The first kappa shape index (κ1) is 11.9. The molecule has 0 atom stereocenters. The third-order valence-corrected chi connectivity index (χ3v) is 3.41. The number of halogens is 1. The number of nitrogen functional groups attached to an aromatic ring is 1. The summed E-state index contributed by atoms with van der Waals surface area (Å²) in [5, 5.41) is 0. The molecule has 17 heavy (non-hydrogen) atoms. The van der Waals surface area contributed by atoms with E-state index in [1.165, 1.54) is 0 Å². The molecule has 1 aromatic carbocycles. The second kappa shape index (κ2) is 4.75. The van der Waals surface area contributed by atoms with Gasteiger partial charge in [-0.3, -0.25) is 0 Å². The van der Waals surface area contributed by atoms with Crippen molar-refractivity contribution >= 4 is 21.6 Å². The summed E-state index contributed by atoms with van der Waals surface area (Å²) in [5.74, 6) is 1.18. The summed E-state index contributed by atoms with van der Waals surface area (Å²) in [6.07, 6.45) is 1.69. The van der Waals surface area contributed by atoms with E-state index in [1.807, 2.05) is 38.1 Å². The van der Waals surface area contributed by atoms with E-state index in [2.05, 4.69) is 20.9 Å². The van der Waals surface area contributed by atoms with E-state index in [1.54, 1.807) is 6.20 Å². The molecule has 0 aliphatic rings. The first-order valence-corrected chi connectivity index (χ1v) is 6.02. The largest absolute Gasteiger partial charge is 0.437 e. The lowest BCUT2D eigenvalue weighted by molar-refractivity contribution is 0.465. The molecule has 0 fully saturated rings. The highest BCUT2D eigenvalue weighted by Crippen LogP contribution is 2.29. The maximum atomic E-state index is 5.90. The third kappa shape index (κ3) is 2.58. The first-order chi connectivity index (χ1) is 8.08. The highest BCUT2D eigenvalue weighted by atomic mass is 79.9. The van der Waals surface area contributed by atoms with Gasteiger partial charge in [-0.15, -0.1) is 0 Å². The van der Waals surface area contributed by atoms with Crippen LogP contribution in [0.25, 0.3) is 0 Å². The lowest BCUT2D eigenvalue weighted by atomic mass is 10.2. The highest BCUT2D eigenvalue weighted by molar-refractivity contribution is 9.10. The molecule has 0 aliphatic carbocycles. The molecule has 1 aromatic heterocycles. The van der Waals surface area contributed by atoms with E-state index in [0.29, 0.717) is 11.6 Å². The molecular formula is C13H13BrN2O. The molecule has 0 spiro atoms. The van der Waals surface area contributed by atoms with Gasteiger partial charge in [0.2, 0.25) is 5.88 Å². The van der Waals surface area contributed by atoms with E-state index in [4.69, 9.17) is 10.5 Å². The van der Waals surface area contributed by atoms with Gasteiger partial charge in [0.15, 0.2) is 0 Å². The number of hydrogen-bond donors (Lipinski definition) is 1. The summed E-state index contributed by atoms with van der Waals surface area (Å²) in [5.41, 5.74) is 8.55. The van der Waals surface area contributed by atoms with Gasteiger partial charge >= 0.3 is 0 Å². The van der Waals surface area contributed by atoms with Crippen molar-refractivity contribution in [1.29, 1.82) is 0 Å². The van der Waals surface area contributed by atoms with Crippen LogP contribution in [0.1, 0.15) is 11.1 Å². The monoisotopic (exact) mass is 292 g/mol. The standard InChI is InChI=1S/C13H13BrN2O/c1-8-5-6-16-13(12(8)15)17-10-3-4-11(14)9(2)7-10/h3-7H,15H2,1-2H3. The summed E-state index contributed by atoms with van der Waals surface area (Å²) in [6, 6.07) is 7.61. The number of aryl methyl sites for hydroxylation is 2. The Bertz CT molecular complexity index is 555.